The van der Waals surface area contributed by atoms with E-state index in [1.54, 1.807) is 20.5 Å². The highest BCUT2D eigenvalue weighted by molar-refractivity contribution is 5.96. The number of hydrogen-bond acceptors (Lipinski definition) is 5. The Morgan fingerprint density at radius 1 is 0.828 bits per heavy atom. The predicted molar refractivity (Wildman–Crippen MR) is 112 cm³/mol. The summed E-state index contributed by atoms with van der Waals surface area (Å²) in [7, 11) is 3.25. The Labute approximate surface area is 167 Å². The van der Waals surface area contributed by atoms with Gasteiger partial charge in [-0.25, -0.2) is 4.98 Å². The molecule has 0 unspecified atom stereocenters. The van der Waals surface area contributed by atoms with Crippen molar-refractivity contribution in [2.75, 3.05) is 14.2 Å². The lowest BCUT2D eigenvalue weighted by Crippen LogP contribution is -1.98. The van der Waals surface area contributed by atoms with Crippen LogP contribution in [-0.4, -0.2) is 33.8 Å². The first-order valence-electron chi connectivity index (χ1n) is 9.20. The van der Waals surface area contributed by atoms with Gasteiger partial charge in [0.25, 0.3) is 5.78 Å². The number of fused-ring (bicyclic) bond motifs is 2. The van der Waals surface area contributed by atoms with Crippen LogP contribution in [-0.2, 0) is 0 Å². The number of aromatic nitrogens is 4. The van der Waals surface area contributed by atoms with Crippen molar-refractivity contribution in [1.82, 2.24) is 19.6 Å². The van der Waals surface area contributed by atoms with Crippen LogP contribution in [0.5, 0.6) is 11.5 Å². The fraction of sp³-hybridized carbons (Fsp3) is 0.0870. The van der Waals surface area contributed by atoms with E-state index < -0.39 is 0 Å². The fourth-order valence-electron chi connectivity index (χ4n) is 3.62. The minimum absolute atomic E-state index is 0.542. The number of rotatable bonds is 4. The second kappa shape index (κ2) is 6.91. The molecule has 0 N–H and O–H groups in total. The van der Waals surface area contributed by atoms with Crippen LogP contribution in [0.1, 0.15) is 0 Å². The van der Waals surface area contributed by atoms with Crippen molar-refractivity contribution < 1.29 is 9.47 Å². The molecule has 0 aliphatic carbocycles. The van der Waals surface area contributed by atoms with Gasteiger partial charge in [0, 0.05) is 11.1 Å². The molecule has 0 spiro atoms. The Morgan fingerprint density at radius 2 is 1.66 bits per heavy atom. The number of methoxy groups -OCH3 is 2. The normalized spacial score (nSPS) is 11.1. The van der Waals surface area contributed by atoms with Crippen LogP contribution in [0.15, 0.2) is 73.1 Å². The van der Waals surface area contributed by atoms with Gasteiger partial charge < -0.3 is 9.47 Å². The van der Waals surface area contributed by atoms with Crippen molar-refractivity contribution in [3.8, 4) is 34.0 Å². The Bertz CT molecular complexity index is 1340. The lowest BCUT2D eigenvalue weighted by Gasteiger charge is -2.12. The van der Waals surface area contributed by atoms with Crippen LogP contribution >= 0.6 is 0 Å². The summed E-state index contributed by atoms with van der Waals surface area (Å²) < 4.78 is 12.7. The first-order valence-corrected chi connectivity index (χ1v) is 9.20. The van der Waals surface area contributed by atoms with E-state index in [0.717, 1.165) is 27.9 Å². The molecule has 0 atom stereocenters. The molecule has 142 valence electrons. The first-order chi connectivity index (χ1) is 14.3. The number of benzene rings is 3. The van der Waals surface area contributed by atoms with Gasteiger partial charge in [0.1, 0.15) is 6.33 Å². The third-order valence-electron chi connectivity index (χ3n) is 5.03. The third-order valence-corrected chi connectivity index (χ3v) is 5.03. The van der Waals surface area contributed by atoms with Crippen LogP contribution in [0.25, 0.3) is 39.1 Å². The Kier molecular flexibility index (Phi) is 4.09. The standard InChI is InChI=1S/C23H18N4O2/c1-28-21-11-10-16(12-22(21)29-2)20-13-19(25-23-26-24-14-27(20)23)18-9-5-7-15-6-3-4-8-17(15)18/h3-14H,1-2H3. The molecule has 5 aromatic rings. The maximum absolute atomic E-state index is 5.48. The number of ether oxygens (including phenoxy) is 2. The smallest absolute Gasteiger partial charge is 0.255 e. The molecule has 3 aromatic carbocycles. The van der Waals surface area contributed by atoms with Gasteiger partial charge in [0.2, 0.25) is 0 Å². The summed E-state index contributed by atoms with van der Waals surface area (Å²) in [6.45, 7) is 0. The average Bonchev–Trinajstić information content (AvgIpc) is 3.26. The van der Waals surface area contributed by atoms with Gasteiger partial charge in [0.15, 0.2) is 11.5 Å². The van der Waals surface area contributed by atoms with Gasteiger partial charge in [-0.15, -0.1) is 10.2 Å². The predicted octanol–water partition coefficient (Wildman–Crippen LogP) is 4.63. The highest BCUT2D eigenvalue weighted by atomic mass is 16.5. The molecule has 0 saturated heterocycles. The summed E-state index contributed by atoms with van der Waals surface area (Å²) in [5.74, 6) is 1.88. The second-order valence-corrected chi connectivity index (χ2v) is 6.62. The van der Waals surface area contributed by atoms with Gasteiger partial charge in [-0.3, -0.25) is 4.40 Å². The van der Waals surface area contributed by atoms with E-state index in [0.29, 0.717) is 17.3 Å². The van der Waals surface area contributed by atoms with Gasteiger partial charge >= 0.3 is 0 Å². The topological polar surface area (TPSA) is 61.5 Å². The number of nitrogens with zero attached hydrogens (tertiary/aromatic N) is 4. The molecule has 6 heteroatoms. The molecule has 0 aliphatic rings. The Hall–Kier alpha value is -3.93. The van der Waals surface area contributed by atoms with Crippen LogP contribution < -0.4 is 9.47 Å². The molecule has 29 heavy (non-hydrogen) atoms. The van der Waals surface area contributed by atoms with Gasteiger partial charge in [-0.2, -0.15) is 0 Å². The monoisotopic (exact) mass is 382 g/mol. The zero-order valence-electron chi connectivity index (χ0n) is 16.0. The number of hydrogen-bond donors (Lipinski definition) is 0. The summed E-state index contributed by atoms with van der Waals surface area (Å²) in [5.41, 5.74) is 3.77. The zero-order valence-corrected chi connectivity index (χ0v) is 16.0. The molecule has 5 rings (SSSR count). The molecule has 0 fully saturated rings. The molecule has 0 saturated carbocycles. The summed E-state index contributed by atoms with van der Waals surface area (Å²) in [5, 5.41) is 10.6. The molecule has 0 bridgehead atoms. The minimum atomic E-state index is 0.542. The van der Waals surface area contributed by atoms with E-state index >= 15 is 0 Å². The highest BCUT2D eigenvalue weighted by Gasteiger charge is 2.14. The SMILES string of the molecule is COc1ccc(-c2cc(-c3cccc4ccccc34)nc3nncn23)cc1OC. The van der Waals surface area contributed by atoms with Crippen molar-refractivity contribution in [1.29, 1.82) is 0 Å². The quantitative estimate of drug-likeness (QED) is 0.454. The lowest BCUT2D eigenvalue weighted by atomic mass is 10.0. The largest absolute Gasteiger partial charge is 0.493 e. The summed E-state index contributed by atoms with van der Waals surface area (Å²) >= 11 is 0. The maximum atomic E-state index is 5.48. The first kappa shape index (κ1) is 17.2. The van der Waals surface area contributed by atoms with E-state index in [4.69, 9.17) is 14.5 Å². The average molecular weight is 382 g/mol. The van der Waals surface area contributed by atoms with Gasteiger partial charge in [-0.1, -0.05) is 42.5 Å². The molecule has 2 aromatic heterocycles. The minimum Gasteiger partial charge on any atom is -0.493 e. The molecular formula is C23H18N4O2. The molecule has 6 nitrogen and oxygen atoms in total. The van der Waals surface area contributed by atoms with Gasteiger partial charge in [-0.05, 0) is 35.0 Å². The van der Waals surface area contributed by atoms with Crippen molar-refractivity contribution in [2.45, 2.75) is 0 Å². The Balaban J connectivity index is 1.77. The summed E-state index contributed by atoms with van der Waals surface area (Å²) in [4.78, 5) is 4.75. The van der Waals surface area contributed by atoms with Crippen LogP contribution in [0.2, 0.25) is 0 Å². The van der Waals surface area contributed by atoms with Gasteiger partial charge in [0.05, 0.1) is 25.6 Å². The molecular weight excluding hydrogens is 364 g/mol. The van der Waals surface area contributed by atoms with E-state index in [1.807, 2.05) is 40.8 Å². The van der Waals surface area contributed by atoms with Crippen LogP contribution in [0, 0.1) is 0 Å². The van der Waals surface area contributed by atoms with Crippen molar-refractivity contribution in [3.05, 3.63) is 73.1 Å². The van der Waals surface area contributed by atoms with Crippen LogP contribution in [0.4, 0.5) is 0 Å². The van der Waals surface area contributed by atoms with E-state index in [2.05, 4.69) is 40.5 Å². The lowest BCUT2D eigenvalue weighted by molar-refractivity contribution is 0.355. The van der Waals surface area contributed by atoms with E-state index in [9.17, 15) is 0 Å². The van der Waals surface area contributed by atoms with Crippen molar-refractivity contribution >= 4 is 16.6 Å². The maximum Gasteiger partial charge on any atom is 0.255 e. The van der Waals surface area contributed by atoms with Crippen molar-refractivity contribution in [2.24, 2.45) is 0 Å². The zero-order chi connectivity index (χ0) is 19.8. The summed E-state index contributed by atoms with van der Waals surface area (Å²) in [6, 6.07) is 22.4. The summed E-state index contributed by atoms with van der Waals surface area (Å²) in [6.07, 6.45) is 1.67. The third kappa shape index (κ3) is 2.86. The van der Waals surface area contributed by atoms with Crippen LogP contribution in [0.3, 0.4) is 0 Å². The Morgan fingerprint density at radius 3 is 2.52 bits per heavy atom. The molecule has 2 heterocycles. The molecule has 0 radical (unpaired) electrons. The fourth-order valence-corrected chi connectivity index (χ4v) is 3.62. The highest BCUT2D eigenvalue weighted by Crippen LogP contribution is 2.35. The van der Waals surface area contributed by atoms with E-state index in [-0.39, 0.29) is 0 Å². The second-order valence-electron chi connectivity index (χ2n) is 6.62. The van der Waals surface area contributed by atoms with E-state index in [1.165, 1.54) is 5.39 Å². The van der Waals surface area contributed by atoms with Crippen molar-refractivity contribution in [3.63, 3.8) is 0 Å². The molecule has 0 aliphatic heterocycles. The molecule has 0 amide bonds.